The minimum atomic E-state index is -0.374. The van der Waals surface area contributed by atoms with Crippen LogP contribution in [0.4, 0.5) is 5.69 Å². The van der Waals surface area contributed by atoms with Crippen molar-refractivity contribution in [2.24, 2.45) is 11.3 Å². The van der Waals surface area contributed by atoms with Gasteiger partial charge >= 0.3 is 0 Å². The minimum Gasteiger partial charge on any atom is -0.484 e. The quantitative estimate of drug-likeness (QED) is 0.779. The first-order valence-electron chi connectivity index (χ1n) is 11.2. The lowest BCUT2D eigenvalue weighted by Gasteiger charge is -2.43. The number of carbonyl (C=O) groups excluding carboxylic acids is 2. The molecule has 2 atom stereocenters. The lowest BCUT2D eigenvalue weighted by atomic mass is 9.82. The normalized spacial score (nSPS) is 19.8. The number of nitrogens with zero attached hydrogens (tertiary/aromatic N) is 2. The van der Waals surface area contributed by atoms with Gasteiger partial charge in [-0.2, -0.15) is 0 Å². The van der Waals surface area contributed by atoms with E-state index in [0.717, 1.165) is 12.1 Å². The molecule has 2 aliphatic heterocycles. The fourth-order valence-electron chi connectivity index (χ4n) is 4.66. The largest absolute Gasteiger partial charge is 0.484 e. The van der Waals surface area contributed by atoms with Crippen LogP contribution in [0.2, 0.25) is 0 Å². The van der Waals surface area contributed by atoms with Crippen LogP contribution in [0.3, 0.4) is 0 Å². The molecule has 1 saturated heterocycles. The number of piperidine rings is 1. The second-order valence-electron chi connectivity index (χ2n) is 10.1. The van der Waals surface area contributed by atoms with Gasteiger partial charge in [0.15, 0.2) is 6.61 Å². The van der Waals surface area contributed by atoms with Crippen molar-refractivity contribution in [2.45, 2.75) is 46.1 Å². The Labute approximate surface area is 188 Å². The van der Waals surface area contributed by atoms with Gasteiger partial charge in [0.2, 0.25) is 5.91 Å². The number of rotatable bonds is 5. The first-order valence-corrected chi connectivity index (χ1v) is 11.2. The number of nitrogens with one attached hydrogen (secondary N) is 1. The number of pyridine rings is 1. The molecule has 1 N–H and O–H groups in total. The molecule has 3 heterocycles. The number of ether oxygens (including phenoxy) is 1. The summed E-state index contributed by atoms with van der Waals surface area (Å²) in [5.41, 5.74) is 0.962. The smallest absolute Gasteiger partial charge is 0.274 e. The molecule has 0 radical (unpaired) electrons. The predicted molar refractivity (Wildman–Crippen MR) is 123 cm³/mol. The molecule has 2 aromatic rings. The van der Waals surface area contributed by atoms with E-state index in [2.05, 4.69) is 26.1 Å². The fourth-order valence-corrected chi connectivity index (χ4v) is 4.66. The molecule has 1 fully saturated rings. The Bertz CT molecular complexity index is 1060. The number of aromatic nitrogens is 1. The number of hydrogen-bond acceptors (Lipinski definition) is 4. The summed E-state index contributed by atoms with van der Waals surface area (Å²) in [6, 6.07) is 12.7. The van der Waals surface area contributed by atoms with Gasteiger partial charge in [-0.1, -0.05) is 39.0 Å². The molecule has 2 bridgehead atoms. The molecule has 170 valence electrons. The predicted octanol–water partition coefficient (Wildman–Crippen LogP) is 3.25. The number of para-hydroxylation sites is 1. The van der Waals surface area contributed by atoms with Crippen LogP contribution in [-0.4, -0.2) is 41.0 Å². The summed E-state index contributed by atoms with van der Waals surface area (Å²) in [7, 11) is 0. The van der Waals surface area contributed by atoms with Gasteiger partial charge in [-0.15, -0.1) is 0 Å². The Hall–Kier alpha value is -3.09. The maximum atomic E-state index is 13.1. The first-order chi connectivity index (χ1) is 15.2. The summed E-state index contributed by atoms with van der Waals surface area (Å²) in [6.07, 6.45) is 1.50. The van der Waals surface area contributed by atoms with Gasteiger partial charge in [0.05, 0.1) is 0 Å². The molecule has 0 saturated carbocycles. The van der Waals surface area contributed by atoms with E-state index in [-0.39, 0.29) is 46.9 Å². The lowest BCUT2D eigenvalue weighted by molar-refractivity contribution is -0.135. The maximum Gasteiger partial charge on any atom is 0.274 e. The highest BCUT2D eigenvalue weighted by Gasteiger charge is 2.37. The monoisotopic (exact) mass is 437 g/mol. The van der Waals surface area contributed by atoms with E-state index in [0.29, 0.717) is 31.8 Å². The van der Waals surface area contributed by atoms with Gasteiger partial charge < -0.3 is 19.5 Å². The SMILES string of the molecule is CC(C)(C)CC(=O)N1CC2CC(C1)c1ccc(NC(=O)COc3ccccc3)c(=O)n1C2. The van der Waals surface area contributed by atoms with Crippen LogP contribution in [-0.2, 0) is 16.1 Å². The summed E-state index contributed by atoms with van der Waals surface area (Å²) in [5, 5.41) is 2.69. The molecule has 7 nitrogen and oxygen atoms in total. The van der Waals surface area contributed by atoms with Gasteiger partial charge in [0, 0.05) is 37.7 Å². The minimum absolute atomic E-state index is 0.0458. The summed E-state index contributed by atoms with van der Waals surface area (Å²) >= 11 is 0. The lowest BCUT2D eigenvalue weighted by Crippen LogP contribution is -2.49. The summed E-state index contributed by atoms with van der Waals surface area (Å²) in [5.74, 6) is 0.801. The number of amides is 2. The van der Waals surface area contributed by atoms with Crippen molar-refractivity contribution in [1.29, 1.82) is 0 Å². The molecule has 4 rings (SSSR count). The Kier molecular flexibility index (Phi) is 6.09. The molecule has 2 aliphatic rings. The van der Waals surface area contributed by atoms with Gasteiger partial charge in [-0.25, -0.2) is 0 Å². The third kappa shape index (κ3) is 5.03. The second-order valence-corrected chi connectivity index (χ2v) is 10.1. The van der Waals surface area contributed by atoms with Crippen molar-refractivity contribution in [3.05, 3.63) is 58.5 Å². The van der Waals surface area contributed by atoms with E-state index in [4.69, 9.17) is 4.74 Å². The Morgan fingerprint density at radius 2 is 1.81 bits per heavy atom. The summed E-state index contributed by atoms with van der Waals surface area (Å²) < 4.78 is 7.24. The van der Waals surface area contributed by atoms with E-state index < -0.39 is 0 Å². The number of hydrogen-bond donors (Lipinski definition) is 1. The molecule has 32 heavy (non-hydrogen) atoms. The third-order valence-electron chi connectivity index (χ3n) is 6.03. The zero-order valence-electron chi connectivity index (χ0n) is 19.0. The van der Waals surface area contributed by atoms with E-state index in [1.54, 1.807) is 22.8 Å². The Morgan fingerprint density at radius 3 is 2.53 bits per heavy atom. The number of carbonyl (C=O) groups is 2. The number of anilines is 1. The van der Waals surface area contributed by atoms with Crippen molar-refractivity contribution < 1.29 is 14.3 Å². The van der Waals surface area contributed by atoms with Crippen molar-refractivity contribution in [2.75, 3.05) is 25.0 Å². The van der Waals surface area contributed by atoms with Crippen LogP contribution >= 0.6 is 0 Å². The van der Waals surface area contributed by atoms with Crippen molar-refractivity contribution in [3.8, 4) is 5.75 Å². The van der Waals surface area contributed by atoms with E-state index in [9.17, 15) is 14.4 Å². The molecule has 2 unspecified atom stereocenters. The Balaban J connectivity index is 1.44. The number of benzene rings is 1. The van der Waals surface area contributed by atoms with Crippen LogP contribution < -0.4 is 15.6 Å². The summed E-state index contributed by atoms with van der Waals surface area (Å²) in [6.45, 7) is 7.94. The molecule has 1 aromatic heterocycles. The topological polar surface area (TPSA) is 80.6 Å². The Morgan fingerprint density at radius 1 is 1.06 bits per heavy atom. The average Bonchev–Trinajstić information content (AvgIpc) is 2.74. The van der Waals surface area contributed by atoms with Crippen LogP contribution in [0.5, 0.6) is 5.75 Å². The standard InChI is InChI=1S/C25H31N3O4/c1-25(2,3)12-23(30)27-13-17-11-18(15-27)21-10-9-20(24(31)28(21)14-17)26-22(29)16-32-19-7-5-4-6-8-19/h4-10,17-18H,11-16H2,1-3H3,(H,26,29). The maximum absolute atomic E-state index is 13.1. The van der Waals surface area contributed by atoms with Crippen molar-refractivity contribution in [1.82, 2.24) is 9.47 Å². The number of fused-ring (bicyclic) bond motifs is 4. The van der Waals surface area contributed by atoms with E-state index in [1.807, 2.05) is 29.2 Å². The second kappa shape index (κ2) is 8.81. The highest BCUT2D eigenvalue weighted by molar-refractivity contribution is 5.91. The van der Waals surface area contributed by atoms with Crippen LogP contribution in [0, 0.1) is 11.3 Å². The molecular weight excluding hydrogens is 406 g/mol. The zero-order valence-corrected chi connectivity index (χ0v) is 19.0. The zero-order chi connectivity index (χ0) is 22.9. The highest BCUT2D eigenvalue weighted by atomic mass is 16.5. The van der Waals surface area contributed by atoms with Crippen LogP contribution in [0.1, 0.15) is 45.2 Å². The van der Waals surface area contributed by atoms with Crippen LogP contribution in [0.15, 0.2) is 47.3 Å². The third-order valence-corrected chi connectivity index (χ3v) is 6.03. The summed E-state index contributed by atoms with van der Waals surface area (Å²) in [4.78, 5) is 40.1. The van der Waals surface area contributed by atoms with Gasteiger partial charge in [-0.3, -0.25) is 14.4 Å². The first kappa shape index (κ1) is 22.1. The van der Waals surface area contributed by atoms with E-state index in [1.165, 1.54) is 0 Å². The number of likely N-dealkylation sites (tertiary alicyclic amines) is 1. The molecule has 0 aliphatic carbocycles. The van der Waals surface area contributed by atoms with E-state index >= 15 is 0 Å². The molecule has 1 aromatic carbocycles. The van der Waals surface area contributed by atoms with Crippen molar-refractivity contribution >= 4 is 17.5 Å². The van der Waals surface area contributed by atoms with Crippen molar-refractivity contribution in [3.63, 3.8) is 0 Å². The highest BCUT2D eigenvalue weighted by Crippen LogP contribution is 2.36. The average molecular weight is 438 g/mol. The fraction of sp³-hybridized carbons (Fsp3) is 0.480. The molecule has 7 heteroatoms. The molecule has 2 amide bonds. The van der Waals surface area contributed by atoms with Crippen LogP contribution in [0.25, 0.3) is 0 Å². The molecular formula is C25H31N3O4. The van der Waals surface area contributed by atoms with Gasteiger partial charge in [0.1, 0.15) is 11.4 Å². The molecule has 0 spiro atoms. The van der Waals surface area contributed by atoms with Gasteiger partial charge in [0.25, 0.3) is 11.5 Å². The van der Waals surface area contributed by atoms with Gasteiger partial charge in [-0.05, 0) is 42.0 Å².